The van der Waals surface area contributed by atoms with Crippen molar-refractivity contribution < 1.29 is 19.0 Å². The summed E-state index contributed by atoms with van der Waals surface area (Å²) in [4.78, 5) is 41.3. The number of hydrogen-bond acceptors (Lipinski definition) is 8. The quantitative estimate of drug-likeness (QED) is 0.359. The highest BCUT2D eigenvalue weighted by atomic mass is 16.5. The van der Waals surface area contributed by atoms with Crippen molar-refractivity contribution in [1.82, 2.24) is 29.3 Å². The average Bonchev–Trinajstić information content (AvgIpc) is 3.50. The number of nitrogens with zero attached hydrogens (tertiary/aromatic N) is 5. The van der Waals surface area contributed by atoms with E-state index in [1.54, 1.807) is 13.3 Å². The van der Waals surface area contributed by atoms with Crippen molar-refractivity contribution in [2.45, 2.75) is 39.8 Å². The van der Waals surface area contributed by atoms with Crippen LogP contribution in [0.2, 0.25) is 0 Å². The van der Waals surface area contributed by atoms with Crippen LogP contribution in [0.1, 0.15) is 34.5 Å². The summed E-state index contributed by atoms with van der Waals surface area (Å²) in [5, 5.41) is 0. The lowest BCUT2D eigenvalue weighted by Crippen LogP contribution is -2.36. The van der Waals surface area contributed by atoms with E-state index in [1.165, 1.54) is 5.56 Å². The van der Waals surface area contributed by atoms with Crippen molar-refractivity contribution in [2.75, 3.05) is 46.6 Å². The van der Waals surface area contributed by atoms with Gasteiger partial charge in [0, 0.05) is 67.6 Å². The number of imidazole rings is 1. The van der Waals surface area contributed by atoms with E-state index in [1.807, 2.05) is 43.1 Å². The van der Waals surface area contributed by atoms with E-state index in [0.29, 0.717) is 43.3 Å². The number of carbonyl (C=O) groups excluding carboxylic acids is 1. The molecule has 0 unspecified atom stereocenters. The van der Waals surface area contributed by atoms with Gasteiger partial charge in [-0.25, -0.2) is 9.78 Å². The van der Waals surface area contributed by atoms with Crippen LogP contribution in [0.25, 0.3) is 17.1 Å². The van der Waals surface area contributed by atoms with E-state index in [4.69, 9.17) is 19.2 Å². The van der Waals surface area contributed by atoms with Crippen LogP contribution < -0.4 is 15.2 Å². The third kappa shape index (κ3) is 6.53. The van der Waals surface area contributed by atoms with Crippen LogP contribution in [0.4, 0.5) is 0 Å². The highest BCUT2D eigenvalue weighted by Gasteiger charge is 2.21. The van der Waals surface area contributed by atoms with Gasteiger partial charge in [-0.3, -0.25) is 14.3 Å². The average molecular weight is 599 g/mol. The lowest BCUT2D eigenvalue weighted by Gasteiger charge is -2.27. The Bertz CT molecular complexity index is 1680. The number of morpholine rings is 1. The van der Waals surface area contributed by atoms with Gasteiger partial charge >= 0.3 is 5.69 Å². The lowest BCUT2D eigenvalue weighted by atomic mass is 10.0. The molecular weight excluding hydrogens is 560 g/mol. The molecule has 4 heterocycles. The van der Waals surface area contributed by atoms with Crippen molar-refractivity contribution in [3.05, 3.63) is 87.4 Å². The molecule has 1 N–H and O–H groups in total. The summed E-state index contributed by atoms with van der Waals surface area (Å²) >= 11 is 0. The second-order valence-electron chi connectivity index (χ2n) is 11.3. The molecule has 0 aliphatic carbocycles. The number of aromatic nitrogens is 4. The Hall–Kier alpha value is -4.48. The van der Waals surface area contributed by atoms with Crippen LogP contribution in [0.15, 0.2) is 53.6 Å². The Morgan fingerprint density at radius 2 is 1.91 bits per heavy atom. The summed E-state index contributed by atoms with van der Waals surface area (Å²) in [5.41, 5.74) is 5.98. The second-order valence-corrected chi connectivity index (χ2v) is 11.3. The van der Waals surface area contributed by atoms with E-state index >= 15 is 0 Å². The van der Waals surface area contributed by atoms with Gasteiger partial charge in [0.25, 0.3) is 0 Å². The first kappa shape index (κ1) is 29.6. The van der Waals surface area contributed by atoms with Crippen LogP contribution in [-0.4, -0.2) is 81.8 Å². The van der Waals surface area contributed by atoms with Gasteiger partial charge in [-0.05, 0) is 67.3 Å². The molecule has 44 heavy (non-hydrogen) atoms. The number of hydrogen-bond donors (Lipinski definition) is 1. The van der Waals surface area contributed by atoms with Gasteiger partial charge in [0.1, 0.15) is 12.4 Å². The Morgan fingerprint density at radius 1 is 1.07 bits per heavy atom. The summed E-state index contributed by atoms with van der Waals surface area (Å²) in [7, 11) is 1.61. The molecule has 2 aliphatic heterocycles. The first-order valence-electron chi connectivity index (χ1n) is 15.0. The van der Waals surface area contributed by atoms with E-state index in [9.17, 15) is 9.59 Å². The minimum Gasteiger partial charge on any atom is -0.493 e. The molecule has 2 aliphatic rings. The number of benzene rings is 2. The highest BCUT2D eigenvalue weighted by Crippen LogP contribution is 2.33. The van der Waals surface area contributed by atoms with Crippen LogP contribution in [0.3, 0.4) is 0 Å². The van der Waals surface area contributed by atoms with Crippen LogP contribution in [0.5, 0.6) is 11.5 Å². The molecule has 4 aromatic rings. The largest absolute Gasteiger partial charge is 0.493 e. The van der Waals surface area contributed by atoms with Crippen LogP contribution >= 0.6 is 0 Å². The number of nitrogens with one attached hydrogen (secondary N) is 1. The Balaban J connectivity index is 1.36. The molecule has 0 saturated carbocycles. The molecule has 0 spiro atoms. The molecule has 11 heteroatoms. The molecule has 2 aromatic heterocycles. The van der Waals surface area contributed by atoms with Gasteiger partial charge in [0.05, 0.1) is 26.9 Å². The zero-order valence-electron chi connectivity index (χ0n) is 25.5. The smallest absolute Gasteiger partial charge is 0.345 e. The van der Waals surface area contributed by atoms with Gasteiger partial charge < -0.3 is 24.1 Å². The van der Waals surface area contributed by atoms with E-state index < -0.39 is 0 Å². The Kier molecular flexibility index (Phi) is 8.76. The maximum Gasteiger partial charge on any atom is 0.345 e. The molecule has 230 valence electrons. The van der Waals surface area contributed by atoms with Gasteiger partial charge in [-0.2, -0.15) is 4.98 Å². The zero-order valence-corrected chi connectivity index (χ0v) is 25.5. The number of amides is 1. The fourth-order valence-corrected chi connectivity index (χ4v) is 6.03. The number of aromatic amines is 1. The monoisotopic (exact) mass is 598 g/mol. The molecule has 1 amide bonds. The predicted molar refractivity (Wildman–Crippen MR) is 165 cm³/mol. The molecule has 11 nitrogen and oxygen atoms in total. The molecular formula is C33H38N6O5. The van der Waals surface area contributed by atoms with Crippen molar-refractivity contribution in [3.63, 3.8) is 0 Å². The first-order chi connectivity index (χ1) is 21.4. The second kappa shape index (κ2) is 13.0. The molecule has 2 aromatic carbocycles. The number of H-pyrrole nitrogens is 1. The number of methoxy groups -OCH3 is 1. The van der Waals surface area contributed by atoms with Crippen molar-refractivity contribution in [3.8, 4) is 28.6 Å². The van der Waals surface area contributed by atoms with Crippen LogP contribution in [-0.2, 0) is 29.0 Å². The SMILES string of the molecule is COc1ccc2cc1OCCN(C(=O)CCc1c(C)nc(=O)[nH]c1C)Cc1cc(CN3CCOCC3)cc(c1)-n1ccnc1-2. The number of ether oxygens (including phenoxy) is 3. The van der Waals surface area contributed by atoms with Crippen molar-refractivity contribution >= 4 is 5.91 Å². The zero-order chi connectivity index (χ0) is 30.6. The topological polar surface area (TPSA) is 115 Å². The number of carbonyl (C=O) groups is 1. The van der Waals surface area contributed by atoms with E-state index in [-0.39, 0.29) is 18.0 Å². The van der Waals surface area contributed by atoms with E-state index in [2.05, 4.69) is 37.6 Å². The summed E-state index contributed by atoms with van der Waals surface area (Å²) in [6, 6.07) is 12.3. The molecule has 4 bridgehead atoms. The summed E-state index contributed by atoms with van der Waals surface area (Å²) in [5.74, 6) is 2.00. The standard InChI is InChI=1S/C33H38N6O5/c1-22-28(23(2)36-33(41)35-22)5-7-31(40)38-12-15-44-30-19-26(4-6-29(30)42-3)32-34-8-9-39(32)27-17-24(16-25(18-27)21-38)20-37-10-13-43-14-11-37/h4,6,8-9,16-19H,5,7,10-15,20-21H2,1-3H3,(H,35,36,41). The normalized spacial score (nSPS) is 15.4. The Morgan fingerprint density at radius 3 is 2.70 bits per heavy atom. The summed E-state index contributed by atoms with van der Waals surface area (Å²) in [6.45, 7) is 8.76. The molecule has 6 rings (SSSR count). The van der Waals surface area contributed by atoms with Gasteiger partial charge in [0.2, 0.25) is 5.91 Å². The van der Waals surface area contributed by atoms with E-state index in [0.717, 1.165) is 66.7 Å². The Labute approximate surface area is 256 Å². The minimum atomic E-state index is -0.375. The third-order valence-corrected chi connectivity index (χ3v) is 8.27. The third-order valence-electron chi connectivity index (χ3n) is 8.27. The van der Waals surface area contributed by atoms with Gasteiger partial charge in [0.15, 0.2) is 11.5 Å². The lowest BCUT2D eigenvalue weighted by molar-refractivity contribution is -0.132. The van der Waals surface area contributed by atoms with Crippen molar-refractivity contribution in [2.24, 2.45) is 0 Å². The van der Waals surface area contributed by atoms with Gasteiger partial charge in [-0.1, -0.05) is 6.07 Å². The number of aryl methyl sites for hydroxylation is 2. The first-order valence-corrected chi connectivity index (χ1v) is 15.0. The number of fused-ring (bicyclic) bond motifs is 7. The molecule has 0 radical (unpaired) electrons. The minimum absolute atomic E-state index is 0.00219. The highest BCUT2D eigenvalue weighted by molar-refractivity contribution is 5.76. The fourth-order valence-electron chi connectivity index (χ4n) is 6.03. The molecule has 0 atom stereocenters. The summed E-state index contributed by atoms with van der Waals surface area (Å²) < 4.78 is 19.5. The molecule has 1 fully saturated rings. The molecule has 1 saturated heterocycles. The van der Waals surface area contributed by atoms with Crippen molar-refractivity contribution in [1.29, 1.82) is 0 Å². The summed E-state index contributed by atoms with van der Waals surface area (Å²) in [6.07, 6.45) is 4.52. The fraction of sp³-hybridized carbons (Fsp3) is 0.394. The predicted octanol–water partition coefficient (Wildman–Crippen LogP) is 3.43. The van der Waals surface area contributed by atoms with Crippen LogP contribution in [0, 0.1) is 13.8 Å². The number of rotatable bonds is 6. The maximum absolute atomic E-state index is 13.8. The maximum atomic E-state index is 13.8. The van der Waals surface area contributed by atoms with Gasteiger partial charge in [-0.15, -0.1) is 0 Å².